The molecule has 3 rings (SSSR count). The van der Waals surface area contributed by atoms with Gasteiger partial charge in [-0.15, -0.1) is 0 Å². The smallest absolute Gasteiger partial charge is 0.0786 e. The Kier molecular flexibility index (Phi) is 4.02. The average Bonchev–Trinajstić information content (AvgIpc) is 2.69. The molecule has 2 saturated heterocycles. The maximum absolute atomic E-state index is 9.94. The van der Waals surface area contributed by atoms with Crippen molar-refractivity contribution < 1.29 is 9.84 Å². The van der Waals surface area contributed by atoms with E-state index in [1.807, 2.05) is 11.8 Å². The number of hydrogen-bond acceptors (Lipinski definition) is 3. The summed E-state index contributed by atoms with van der Waals surface area (Å²) in [6.07, 6.45) is 10.1. The first-order valence-corrected chi connectivity index (χ1v) is 8.53. The van der Waals surface area contributed by atoms with Crippen molar-refractivity contribution in [1.82, 2.24) is 0 Å². The van der Waals surface area contributed by atoms with Gasteiger partial charge in [0.25, 0.3) is 0 Å². The van der Waals surface area contributed by atoms with Crippen molar-refractivity contribution in [3.05, 3.63) is 11.6 Å². The Balaban J connectivity index is 1.71. The molecule has 0 bridgehead atoms. The molecule has 0 aromatic heterocycles. The molecule has 1 aliphatic carbocycles. The minimum Gasteiger partial charge on any atom is -0.389 e. The first kappa shape index (κ1) is 13.0. The summed E-state index contributed by atoms with van der Waals surface area (Å²) in [6, 6.07) is 0. The predicted octanol–water partition coefficient (Wildman–Crippen LogP) is 3.15. The van der Waals surface area contributed by atoms with Gasteiger partial charge in [-0.25, -0.2) is 0 Å². The highest BCUT2D eigenvalue weighted by Gasteiger charge is 2.41. The lowest BCUT2D eigenvalue weighted by Gasteiger charge is -2.39. The van der Waals surface area contributed by atoms with Crippen molar-refractivity contribution in [2.75, 3.05) is 18.1 Å². The van der Waals surface area contributed by atoms with Gasteiger partial charge in [-0.05, 0) is 50.2 Å². The fourth-order valence-corrected chi connectivity index (χ4v) is 5.02. The number of thioether (sulfide) groups is 1. The van der Waals surface area contributed by atoms with Crippen molar-refractivity contribution in [3.63, 3.8) is 0 Å². The van der Waals surface area contributed by atoms with Crippen LogP contribution in [-0.4, -0.2) is 34.9 Å². The second-order valence-electron chi connectivity index (χ2n) is 6.08. The lowest BCUT2D eigenvalue weighted by atomic mass is 9.79. The predicted molar refractivity (Wildman–Crippen MR) is 75.9 cm³/mol. The van der Waals surface area contributed by atoms with Crippen molar-refractivity contribution in [2.45, 2.75) is 56.7 Å². The lowest BCUT2D eigenvalue weighted by Crippen LogP contribution is -2.40. The van der Waals surface area contributed by atoms with E-state index in [1.165, 1.54) is 49.2 Å². The number of ether oxygens (including phenoxy) is 1. The van der Waals surface area contributed by atoms with Crippen LogP contribution >= 0.6 is 11.8 Å². The molecule has 3 aliphatic rings. The monoisotopic (exact) mass is 268 g/mol. The van der Waals surface area contributed by atoms with Gasteiger partial charge in [0.05, 0.1) is 11.7 Å². The summed E-state index contributed by atoms with van der Waals surface area (Å²) in [5.74, 6) is 3.11. The Labute approximate surface area is 114 Å². The molecular formula is C15H24O2S. The van der Waals surface area contributed by atoms with Crippen LogP contribution in [0.1, 0.15) is 44.9 Å². The molecule has 3 heteroatoms. The molecule has 2 aliphatic heterocycles. The largest absolute Gasteiger partial charge is 0.389 e. The third kappa shape index (κ3) is 2.78. The maximum Gasteiger partial charge on any atom is 0.0786 e. The van der Waals surface area contributed by atoms with Crippen molar-refractivity contribution in [3.8, 4) is 0 Å². The van der Waals surface area contributed by atoms with E-state index in [0.29, 0.717) is 5.92 Å². The van der Waals surface area contributed by atoms with Crippen molar-refractivity contribution >= 4 is 11.8 Å². The molecule has 2 heterocycles. The zero-order valence-electron chi connectivity index (χ0n) is 11.1. The van der Waals surface area contributed by atoms with Crippen LogP contribution < -0.4 is 0 Å². The summed E-state index contributed by atoms with van der Waals surface area (Å²) in [5, 5.41) is 9.94. The van der Waals surface area contributed by atoms with E-state index in [-0.39, 0.29) is 11.7 Å². The normalized spacial score (nSPS) is 41.7. The van der Waals surface area contributed by atoms with E-state index >= 15 is 0 Å². The fraction of sp³-hybridized carbons (Fsp3) is 0.867. The Morgan fingerprint density at radius 1 is 1.33 bits per heavy atom. The van der Waals surface area contributed by atoms with E-state index in [2.05, 4.69) is 6.08 Å². The fourth-order valence-electron chi connectivity index (χ4n) is 3.64. The first-order valence-electron chi connectivity index (χ1n) is 7.38. The molecule has 0 aromatic rings. The SMILES string of the molecule is OC1C=C(C2CCOC3(CCSC3)C2)CCCC1. The molecule has 0 radical (unpaired) electrons. The number of rotatable bonds is 1. The summed E-state index contributed by atoms with van der Waals surface area (Å²) in [6.45, 7) is 0.915. The molecule has 1 N–H and O–H groups in total. The molecule has 2 fully saturated rings. The third-order valence-electron chi connectivity index (χ3n) is 4.71. The van der Waals surface area contributed by atoms with Gasteiger partial charge in [-0.3, -0.25) is 0 Å². The number of hydrogen-bond donors (Lipinski definition) is 1. The standard InChI is InChI=1S/C15H24O2S/c16-14-4-2-1-3-12(9-14)13-5-7-17-15(10-13)6-8-18-11-15/h9,13-14,16H,1-8,10-11H2. The third-order valence-corrected chi connectivity index (χ3v) is 5.93. The van der Waals surface area contributed by atoms with E-state index < -0.39 is 0 Å². The number of aliphatic hydroxyl groups is 1. The van der Waals surface area contributed by atoms with Crippen molar-refractivity contribution in [1.29, 1.82) is 0 Å². The second kappa shape index (κ2) is 5.56. The molecule has 0 saturated carbocycles. The van der Waals surface area contributed by atoms with Gasteiger partial charge >= 0.3 is 0 Å². The van der Waals surface area contributed by atoms with Gasteiger partial charge in [0.1, 0.15) is 0 Å². The zero-order chi connectivity index (χ0) is 12.4. The van der Waals surface area contributed by atoms with Crippen molar-refractivity contribution in [2.24, 2.45) is 5.92 Å². The van der Waals surface area contributed by atoms with Crippen LogP contribution in [0.2, 0.25) is 0 Å². The van der Waals surface area contributed by atoms with Crippen LogP contribution in [0.4, 0.5) is 0 Å². The maximum atomic E-state index is 9.94. The van der Waals surface area contributed by atoms with Gasteiger partial charge in [0, 0.05) is 12.4 Å². The summed E-state index contributed by atoms with van der Waals surface area (Å²) in [5.41, 5.74) is 1.70. The Morgan fingerprint density at radius 2 is 2.28 bits per heavy atom. The molecule has 2 nitrogen and oxygen atoms in total. The highest BCUT2D eigenvalue weighted by Crippen LogP contribution is 2.43. The number of aliphatic hydroxyl groups excluding tert-OH is 1. The first-order chi connectivity index (χ1) is 8.77. The molecule has 0 amide bonds. The van der Waals surface area contributed by atoms with E-state index in [9.17, 15) is 5.11 Å². The Hall–Kier alpha value is 0.01000. The van der Waals surface area contributed by atoms with Crippen LogP contribution in [0.5, 0.6) is 0 Å². The van der Waals surface area contributed by atoms with Crippen LogP contribution in [0.25, 0.3) is 0 Å². The van der Waals surface area contributed by atoms with E-state index in [1.54, 1.807) is 0 Å². The van der Waals surface area contributed by atoms with Crippen LogP contribution in [0.15, 0.2) is 11.6 Å². The summed E-state index contributed by atoms with van der Waals surface area (Å²) >= 11 is 2.04. The summed E-state index contributed by atoms with van der Waals surface area (Å²) in [7, 11) is 0. The zero-order valence-corrected chi connectivity index (χ0v) is 11.9. The van der Waals surface area contributed by atoms with Gasteiger partial charge in [-0.1, -0.05) is 18.1 Å². The summed E-state index contributed by atoms with van der Waals surface area (Å²) in [4.78, 5) is 0. The summed E-state index contributed by atoms with van der Waals surface area (Å²) < 4.78 is 6.09. The molecule has 3 atom stereocenters. The molecule has 102 valence electrons. The minimum absolute atomic E-state index is 0.172. The van der Waals surface area contributed by atoms with Crippen LogP contribution in [-0.2, 0) is 4.74 Å². The molecular weight excluding hydrogens is 244 g/mol. The highest BCUT2D eigenvalue weighted by molar-refractivity contribution is 7.99. The molecule has 18 heavy (non-hydrogen) atoms. The number of allylic oxidation sites excluding steroid dienone is 1. The van der Waals surface area contributed by atoms with Crippen LogP contribution in [0.3, 0.4) is 0 Å². The van der Waals surface area contributed by atoms with E-state index in [0.717, 1.165) is 19.4 Å². The van der Waals surface area contributed by atoms with Gasteiger partial charge in [0.15, 0.2) is 0 Å². The molecule has 3 unspecified atom stereocenters. The van der Waals surface area contributed by atoms with Crippen LogP contribution in [0, 0.1) is 5.92 Å². The Bertz CT molecular complexity index is 320. The van der Waals surface area contributed by atoms with Gasteiger partial charge in [-0.2, -0.15) is 11.8 Å². The Morgan fingerprint density at radius 3 is 3.11 bits per heavy atom. The molecule has 0 aromatic carbocycles. The quantitative estimate of drug-likeness (QED) is 0.741. The highest BCUT2D eigenvalue weighted by atomic mass is 32.2. The van der Waals surface area contributed by atoms with E-state index in [4.69, 9.17) is 4.74 Å². The lowest BCUT2D eigenvalue weighted by molar-refractivity contribution is -0.0739. The second-order valence-corrected chi connectivity index (χ2v) is 7.18. The minimum atomic E-state index is -0.195. The topological polar surface area (TPSA) is 29.5 Å². The molecule has 1 spiro atoms. The van der Waals surface area contributed by atoms with Gasteiger partial charge in [0.2, 0.25) is 0 Å². The van der Waals surface area contributed by atoms with Gasteiger partial charge < -0.3 is 9.84 Å². The average molecular weight is 268 g/mol.